The Kier molecular flexibility index (Phi) is 3.60. The molecule has 1 aliphatic heterocycles. The number of rotatable bonds is 3. The van der Waals surface area contributed by atoms with E-state index in [-0.39, 0.29) is 23.0 Å². The third kappa shape index (κ3) is 2.37. The van der Waals surface area contributed by atoms with Crippen LogP contribution in [0.25, 0.3) is 0 Å². The molecule has 1 atom stereocenters. The largest absolute Gasteiger partial charge is 0.494 e. The number of ketones is 1. The van der Waals surface area contributed by atoms with Crippen LogP contribution in [-0.2, 0) is 0 Å². The first-order chi connectivity index (χ1) is 10.2. The van der Waals surface area contributed by atoms with Crippen LogP contribution in [0.1, 0.15) is 28.3 Å². The van der Waals surface area contributed by atoms with Gasteiger partial charge in [-0.3, -0.25) is 4.79 Å². The Morgan fingerprint density at radius 3 is 2.86 bits per heavy atom. The fourth-order valence-electron chi connectivity index (χ4n) is 2.79. The van der Waals surface area contributed by atoms with Gasteiger partial charge in [-0.2, -0.15) is 0 Å². The maximum atomic E-state index is 14.3. The Labute approximate surface area is 122 Å². The molecule has 0 aliphatic carbocycles. The van der Waals surface area contributed by atoms with Gasteiger partial charge < -0.3 is 10.1 Å². The first-order valence-electron chi connectivity index (χ1n) is 6.92. The topological polar surface area (TPSA) is 38.3 Å². The third-order valence-electron chi connectivity index (χ3n) is 3.85. The molecule has 2 aromatic rings. The summed E-state index contributed by atoms with van der Waals surface area (Å²) in [7, 11) is 1.40. The minimum Gasteiger partial charge on any atom is -0.494 e. The molecule has 0 spiro atoms. The molecule has 0 bridgehead atoms. The second kappa shape index (κ2) is 5.56. The number of halogens is 1. The van der Waals surface area contributed by atoms with E-state index < -0.39 is 5.82 Å². The number of nitrogens with one attached hydrogen (secondary N) is 1. The zero-order chi connectivity index (χ0) is 14.8. The molecule has 1 unspecified atom stereocenters. The summed E-state index contributed by atoms with van der Waals surface area (Å²) in [4.78, 5) is 12.7. The summed E-state index contributed by atoms with van der Waals surface area (Å²) < 4.78 is 19.2. The molecule has 0 amide bonds. The second-order valence-electron chi connectivity index (χ2n) is 5.04. The van der Waals surface area contributed by atoms with Crippen molar-refractivity contribution < 1.29 is 13.9 Å². The standard InChI is InChI=1S/C17H16FNO2/c1-21-15-8-4-6-13(16(15)18)17(20)12-9-10-19-14-7-3-2-5-11(12)14/h2-8,12,19H,9-10H2,1H3. The van der Waals surface area contributed by atoms with Crippen LogP contribution < -0.4 is 10.1 Å². The fraction of sp³-hybridized carbons (Fsp3) is 0.235. The summed E-state index contributed by atoms with van der Waals surface area (Å²) >= 11 is 0. The molecule has 0 saturated heterocycles. The highest BCUT2D eigenvalue weighted by atomic mass is 19.1. The SMILES string of the molecule is COc1cccc(C(=O)C2CCNc3ccccc32)c1F. The van der Waals surface area contributed by atoms with Gasteiger partial charge in [-0.15, -0.1) is 0 Å². The minimum absolute atomic E-state index is 0.0936. The third-order valence-corrected chi connectivity index (χ3v) is 3.85. The summed E-state index contributed by atoms with van der Waals surface area (Å²) in [5.41, 5.74) is 1.97. The van der Waals surface area contributed by atoms with Crippen molar-refractivity contribution in [3.8, 4) is 5.75 Å². The molecule has 0 saturated carbocycles. The first kappa shape index (κ1) is 13.6. The van der Waals surface area contributed by atoms with Gasteiger partial charge in [-0.25, -0.2) is 4.39 Å². The molecule has 4 heteroatoms. The summed E-state index contributed by atoms with van der Waals surface area (Å²) in [6, 6.07) is 12.4. The Morgan fingerprint density at radius 1 is 1.24 bits per heavy atom. The number of carbonyl (C=O) groups is 1. The molecule has 2 aromatic carbocycles. The van der Waals surface area contributed by atoms with Gasteiger partial charge in [-0.1, -0.05) is 24.3 Å². The maximum absolute atomic E-state index is 14.3. The summed E-state index contributed by atoms with van der Waals surface area (Å²) in [5, 5.41) is 3.27. The average Bonchev–Trinajstić information content (AvgIpc) is 2.54. The van der Waals surface area contributed by atoms with E-state index >= 15 is 0 Å². The highest BCUT2D eigenvalue weighted by molar-refractivity contribution is 6.02. The van der Waals surface area contributed by atoms with Gasteiger partial charge in [0.25, 0.3) is 0 Å². The number of para-hydroxylation sites is 1. The van der Waals surface area contributed by atoms with Gasteiger partial charge in [0, 0.05) is 12.2 Å². The molecular weight excluding hydrogens is 269 g/mol. The van der Waals surface area contributed by atoms with Crippen molar-refractivity contribution in [1.29, 1.82) is 0 Å². The van der Waals surface area contributed by atoms with E-state index in [4.69, 9.17) is 4.74 Å². The number of hydrogen-bond acceptors (Lipinski definition) is 3. The number of hydrogen-bond donors (Lipinski definition) is 1. The van der Waals surface area contributed by atoms with Crippen molar-refractivity contribution in [1.82, 2.24) is 0 Å². The number of ether oxygens (including phenoxy) is 1. The van der Waals surface area contributed by atoms with Gasteiger partial charge in [0.15, 0.2) is 17.3 Å². The molecule has 0 radical (unpaired) electrons. The van der Waals surface area contributed by atoms with Crippen LogP contribution in [0.2, 0.25) is 0 Å². The van der Waals surface area contributed by atoms with Crippen molar-refractivity contribution in [3.05, 3.63) is 59.4 Å². The van der Waals surface area contributed by atoms with Crippen molar-refractivity contribution in [2.24, 2.45) is 0 Å². The van der Waals surface area contributed by atoms with E-state index in [1.165, 1.54) is 19.2 Å². The van der Waals surface area contributed by atoms with Crippen molar-refractivity contribution in [3.63, 3.8) is 0 Å². The monoisotopic (exact) mass is 285 g/mol. The molecule has 1 N–H and O–H groups in total. The zero-order valence-corrected chi connectivity index (χ0v) is 11.7. The number of carbonyl (C=O) groups excluding carboxylic acids is 1. The van der Waals surface area contributed by atoms with E-state index in [1.54, 1.807) is 6.07 Å². The molecule has 21 heavy (non-hydrogen) atoms. The van der Waals surface area contributed by atoms with E-state index in [2.05, 4.69) is 5.32 Å². The van der Waals surface area contributed by atoms with Crippen LogP contribution in [0.5, 0.6) is 5.75 Å². The fourth-order valence-corrected chi connectivity index (χ4v) is 2.79. The molecule has 0 fully saturated rings. The van der Waals surface area contributed by atoms with Crippen molar-refractivity contribution in [2.75, 3.05) is 19.0 Å². The van der Waals surface area contributed by atoms with E-state index in [1.807, 2.05) is 24.3 Å². The normalized spacial score (nSPS) is 16.8. The smallest absolute Gasteiger partial charge is 0.175 e. The number of anilines is 1. The molecule has 0 aromatic heterocycles. The predicted molar refractivity (Wildman–Crippen MR) is 79.6 cm³/mol. The summed E-state index contributed by atoms with van der Waals surface area (Å²) in [6.45, 7) is 0.707. The molecule has 1 aliphatic rings. The quantitative estimate of drug-likeness (QED) is 0.875. The second-order valence-corrected chi connectivity index (χ2v) is 5.04. The van der Waals surface area contributed by atoms with Crippen LogP contribution >= 0.6 is 0 Å². The Balaban J connectivity index is 2.01. The predicted octanol–water partition coefficient (Wildman–Crippen LogP) is 3.62. The molecule has 108 valence electrons. The van der Waals surface area contributed by atoms with Crippen molar-refractivity contribution in [2.45, 2.75) is 12.3 Å². The van der Waals surface area contributed by atoms with E-state index in [0.717, 1.165) is 11.3 Å². The Morgan fingerprint density at radius 2 is 2.05 bits per heavy atom. The summed E-state index contributed by atoms with van der Waals surface area (Å²) in [6.07, 6.45) is 0.659. The number of methoxy groups -OCH3 is 1. The Bertz CT molecular complexity index is 684. The lowest BCUT2D eigenvalue weighted by Crippen LogP contribution is -2.23. The lowest BCUT2D eigenvalue weighted by molar-refractivity contribution is 0.0950. The van der Waals surface area contributed by atoms with Gasteiger partial charge >= 0.3 is 0 Å². The van der Waals surface area contributed by atoms with Crippen LogP contribution in [0, 0.1) is 5.82 Å². The van der Waals surface area contributed by atoms with Crippen LogP contribution in [0.4, 0.5) is 10.1 Å². The first-order valence-corrected chi connectivity index (χ1v) is 6.92. The van der Waals surface area contributed by atoms with E-state index in [0.29, 0.717) is 13.0 Å². The van der Waals surface area contributed by atoms with Gasteiger partial charge in [0.1, 0.15) is 0 Å². The van der Waals surface area contributed by atoms with Gasteiger partial charge in [-0.05, 0) is 30.2 Å². The van der Waals surface area contributed by atoms with Crippen LogP contribution in [0.15, 0.2) is 42.5 Å². The molecule has 3 rings (SSSR count). The lowest BCUT2D eigenvalue weighted by atomic mass is 9.84. The average molecular weight is 285 g/mol. The molecule has 1 heterocycles. The maximum Gasteiger partial charge on any atom is 0.175 e. The zero-order valence-electron chi connectivity index (χ0n) is 11.7. The van der Waals surface area contributed by atoms with E-state index in [9.17, 15) is 9.18 Å². The molecule has 3 nitrogen and oxygen atoms in total. The Hall–Kier alpha value is -2.36. The van der Waals surface area contributed by atoms with Gasteiger partial charge in [0.05, 0.1) is 18.6 Å². The molecular formula is C17H16FNO2. The lowest BCUT2D eigenvalue weighted by Gasteiger charge is -2.26. The number of benzene rings is 2. The minimum atomic E-state index is -0.582. The van der Waals surface area contributed by atoms with Gasteiger partial charge in [0.2, 0.25) is 0 Å². The number of Topliss-reactive ketones (excluding diaryl/α,β-unsaturated/α-hetero) is 1. The number of fused-ring (bicyclic) bond motifs is 1. The highest BCUT2D eigenvalue weighted by Gasteiger charge is 2.29. The van der Waals surface area contributed by atoms with Crippen LogP contribution in [0.3, 0.4) is 0 Å². The van der Waals surface area contributed by atoms with Crippen LogP contribution in [-0.4, -0.2) is 19.4 Å². The summed E-state index contributed by atoms with van der Waals surface area (Å²) in [5.74, 6) is -0.992. The highest BCUT2D eigenvalue weighted by Crippen LogP contribution is 2.35. The van der Waals surface area contributed by atoms with Crippen molar-refractivity contribution >= 4 is 11.5 Å².